The molecule has 6 nitrogen and oxygen atoms in total. The van der Waals surface area contributed by atoms with Crippen molar-refractivity contribution in [2.45, 2.75) is 19.9 Å². The third-order valence-corrected chi connectivity index (χ3v) is 3.22. The van der Waals surface area contributed by atoms with E-state index in [4.69, 9.17) is 0 Å². The fourth-order valence-corrected chi connectivity index (χ4v) is 1.92. The molecule has 2 rings (SSSR count). The average molecular weight is 261 g/mol. The van der Waals surface area contributed by atoms with E-state index in [0.717, 1.165) is 11.0 Å². The molecule has 0 fully saturated rings. The van der Waals surface area contributed by atoms with Gasteiger partial charge in [0.15, 0.2) is 5.82 Å². The molecular weight excluding hydrogens is 242 g/mol. The zero-order valence-corrected chi connectivity index (χ0v) is 11.7. The maximum Gasteiger partial charge on any atom is 0.244 e. The Bertz CT molecular complexity index is 592. The first-order valence-corrected chi connectivity index (χ1v) is 6.32. The number of aryl methyl sites for hydroxylation is 1. The number of hydrogen-bond donors (Lipinski definition) is 1. The molecule has 102 valence electrons. The van der Waals surface area contributed by atoms with Crippen molar-refractivity contribution in [3.05, 3.63) is 18.6 Å². The van der Waals surface area contributed by atoms with E-state index in [-0.39, 0.29) is 11.9 Å². The highest BCUT2D eigenvalue weighted by Gasteiger charge is 2.18. The van der Waals surface area contributed by atoms with Crippen LogP contribution in [-0.2, 0) is 11.8 Å². The van der Waals surface area contributed by atoms with Crippen LogP contribution in [0.2, 0.25) is 0 Å². The summed E-state index contributed by atoms with van der Waals surface area (Å²) in [6.45, 7) is 4.46. The molecule has 1 amide bonds. The van der Waals surface area contributed by atoms with Crippen molar-refractivity contribution in [1.82, 2.24) is 19.4 Å². The number of nitrogens with zero attached hydrogens (tertiary/aromatic N) is 4. The fourth-order valence-electron chi connectivity index (χ4n) is 1.92. The molecule has 0 aliphatic rings. The van der Waals surface area contributed by atoms with Crippen LogP contribution in [0.3, 0.4) is 0 Å². The first-order valence-electron chi connectivity index (χ1n) is 6.32. The minimum atomic E-state index is -0.329. The van der Waals surface area contributed by atoms with E-state index in [2.05, 4.69) is 15.3 Å². The number of carbonyl (C=O) groups is 1. The van der Waals surface area contributed by atoms with Gasteiger partial charge in [0, 0.05) is 26.8 Å². The van der Waals surface area contributed by atoms with Gasteiger partial charge in [0.2, 0.25) is 5.91 Å². The average Bonchev–Trinajstić information content (AvgIpc) is 2.80. The summed E-state index contributed by atoms with van der Waals surface area (Å²) >= 11 is 0. The molecule has 1 unspecified atom stereocenters. The van der Waals surface area contributed by atoms with Crippen LogP contribution in [0.1, 0.15) is 13.8 Å². The minimum absolute atomic E-state index is 0.0391. The Kier molecular flexibility index (Phi) is 3.69. The van der Waals surface area contributed by atoms with Gasteiger partial charge in [-0.1, -0.05) is 0 Å². The van der Waals surface area contributed by atoms with Gasteiger partial charge < -0.3 is 14.8 Å². The number of carbonyl (C=O) groups excluding carboxylic acids is 1. The number of rotatable bonds is 4. The topological polar surface area (TPSA) is 63.1 Å². The fraction of sp³-hybridized carbons (Fsp3) is 0.462. The van der Waals surface area contributed by atoms with E-state index in [0.29, 0.717) is 12.4 Å². The Labute approximate surface area is 112 Å². The second-order valence-corrected chi connectivity index (χ2v) is 4.60. The van der Waals surface area contributed by atoms with Gasteiger partial charge in [0.1, 0.15) is 11.6 Å². The highest BCUT2D eigenvalue weighted by atomic mass is 16.2. The molecule has 0 saturated heterocycles. The molecule has 0 radical (unpaired) electrons. The van der Waals surface area contributed by atoms with Crippen molar-refractivity contribution in [2.24, 2.45) is 7.05 Å². The molecule has 0 bridgehead atoms. The molecule has 0 aliphatic carbocycles. The van der Waals surface area contributed by atoms with Crippen molar-refractivity contribution >= 4 is 22.8 Å². The zero-order chi connectivity index (χ0) is 14.0. The van der Waals surface area contributed by atoms with Gasteiger partial charge in [-0.3, -0.25) is 4.79 Å². The molecule has 6 heteroatoms. The van der Waals surface area contributed by atoms with E-state index in [1.165, 1.54) is 0 Å². The number of aromatic nitrogens is 3. The Morgan fingerprint density at radius 1 is 1.53 bits per heavy atom. The van der Waals surface area contributed by atoms with Crippen LogP contribution < -0.4 is 5.32 Å². The molecule has 0 spiro atoms. The number of anilines is 1. The third-order valence-electron chi connectivity index (χ3n) is 3.22. The summed E-state index contributed by atoms with van der Waals surface area (Å²) in [5.41, 5.74) is 1.77. The Morgan fingerprint density at radius 3 is 2.95 bits per heavy atom. The molecule has 2 aromatic heterocycles. The van der Waals surface area contributed by atoms with Crippen molar-refractivity contribution < 1.29 is 4.79 Å². The summed E-state index contributed by atoms with van der Waals surface area (Å²) in [4.78, 5) is 22.3. The van der Waals surface area contributed by atoms with Gasteiger partial charge in [-0.05, 0) is 19.9 Å². The van der Waals surface area contributed by atoms with Crippen LogP contribution >= 0.6 is 0 Å². The van der Waals surface area contributed by atoms with Crippen molar-refractivity contribution in [3.63, 3.8) is 0 Å². The summed E-state index contributed by atoms with van der Waals surface area (Å²) < 4.78 is 1.92. The van der Waals surface area contributed by atoms with E-state index < -0.39 is 0 Å². The number of imidazole rings is 1. The Morgan fingerprint density at radius 2 is 2.26 bits per heavy atom. The van der Waals surface area contributed by atoms with Gasteiger partial charge in [-0.2, -0.15) is 0 Å². The largest absolute Gasteiger partial charge is 0.357 e. The maximum atomic E-state index is 12.0. The predicted molar refractivity (Wildman–Crippen MR) is 74.9 cm³/mol. The summed E-state index contributed by atoms with van der Waals surface area (Å²) in [7, 11) is 3.72. The molecule has 1 N–H and O–H groups in total. The van der Waals surface area contributed by atoms with Crippen LogP contribution in [0.25, 0.3) is 11.0 Å². The lowest BCUT2D eigenvalue weighted by Gasteiger charge is -2.20. The summed E-state index contributed by atoms with van der Waals surface area (Å²) in [6.07, 6.45) is 3.45. The molecule has 2 aromatic rings. The quantitative estimate of drug-likeness (QED) is 0.899. The summed E-state index contributed by atoms with van der Waals surface area (Å²) in [5.74, 6) is 0.681. The number of likely N-dealkylation sites (N-methyl/N-ethyl adjacent to an activating group) is 1. The normalized spacial score (nSPS) is 12.4. The highest BCUT2D eigenvalue weighted by molar-refractivity contribution is 5.89. The first kappa shape index (κ1) is 13.3. The molecule has 19 heavy (non-hydrogen) atoms. The van der Waals surface area contributed by atoms with Gasteiger partial charge >= 0.3 is 0 Å². The van der Waals surface area contributed by atoms with Gasteiger partial charge in [-0.25, -0.2) is 9.97 Å². The number of nitrogens with one attached hydrogen (secondary N) is 1. The van der Waals surface area contributed by atoms with Crippen LogP contribution in [0.5, 0.6) is 0 Å². The van der Waals surface area contributed by atoms with Gasteiger partial charge in [0.05, 0.1) is 11.8 Å². The lowest BCUT2D eigenvalue weighted by Crippen LogP contribution is -2.39. The number of fused-ring (bicyclic) bond motifs is 1. The Hall–Kier alpha value is -2.11. The molecule has 1 atom stereocenters. The number of pyridine rings is 1. The molecule has 0 aromatic carbocycles. The zero-order valence-electron chi connectivity index (χ0n) is 11.7. The first-order chi connectivity index (χ1) is 9.04. The van der Waals surface area contributed by atoms with E-state index in [1.54, 1.807) is 24.5 Å². The minimum Gasteiger partial charge on any atom is -0.357 e. The standard InChI is InChI=1S/C13H19N5O/c1-5-17(3)13(19)9(2)16-12-11-10(6-7-14-12)18(4)8-15-11/h6-9H,5H2,1-4H3,(H,14,16). The molecular formula is C13H19N5O. The second-order valence-electron chi connectivity index (χ2n) is 4.60. The molecule has 0 aliphatic heterocycles. The smallest absolute Gasteiger partial charge is 0.244 e. The molecule has 0 saturated carbocycles. The van der Waals surface area contributed by atoms with E-state index in [1.807, 2.05) is 31.5 Å². The van der Waals surface area contributed by atoms with Crippen molar-refractivity contribution in [1.29, 1.82) is 0 Å². The lowest BCUT2D eigenvalue weighted by atomic mass is 10.2. The predicted octanol–water partition coefficient (Wildman–Crippen LogP) is 1.25. The van der Waals surface area contributed by atoms with Crippen LogP contribution in [0.15, 0.2) is 18.6 Å². The molecule has 2 heterocycles. The maximum absolute atomic E-state index is 12.0. The van der Waals surface area contributed by atoms with E-state index in [9.17, 15) is 4.79 Å². The SMILES string of the molecule is CCN(C)C(=O)C(C)Nc1nccc2c1ncn2C. The summed E-state index contributed by atoms with van der Waals surface area (Å²) in [5, 5.41) is 3.14. The summed E-state index contributed by atoms with van der Waals surface area (Å²) in [6, 6.07) is 1.57. The van der Waals surface area contributed by atoms with Crippen molar-refractivity contribution in [2.75, 3.05) is 18.9 Å². The lowest BCUT2D eigenvalue weighted by molar-refractivity contribution is -0.130. The van der Waals surface area contributed by atoms with E-state index >= 15 is 0 Å². The third kappa shape index (κ3) is 2.52. The number of amides is 1. The second kappa shape index (κ2) is 5.26. The van der Waals surface area contributed by atoms with Crippen LogP contribution in [0.4, 0.5) is 5.82 Å². The van der Waals surface area contributed by atoms with Gasteiger partial charge in [-0.15, -0.1) is 0 Å². The van der Waals surface area contributed by atoms with Crippen LogP contribution in [0, 0.1) is 0 Å². The van der Waals surface area contributed by atoms with Crippen molar-refractivity contribution in [3.8, 4) is 0 Å². The van der Waals surface area contributed by atoms with Gasteiger partial charge in [0.25, 0.3) is 0 Å². The number of hydrogen-bond acceptors (Lipinski definition) is 4. The highest BCUT2D eigenvalue weighted by Crippen LogP contribution is 2.19. The monoisotopic (exact) mass is 261 g/mol. The Balaban J connectivity index is 2.24. The van der Waals surface area contributed by atoms with Crippen LogP contribution in [-0.4, -0.2) is 45.0 Å².